The Kier molecular flexibility index (Phi) is 3.72. The number of fused-ring (bicyclic) bond motifs is 1. The molecule has 0 radical (unpaired) electrons. The molecule has 4 rings (SSSR count). The summed E-state index contributed by atoms with van der Waals surface area (Å²) in [5, 5.41) is 14.1. The first-order valence-electron chi connectivity index (χ1n) is 8.20. The SMILES string of the molecule is O=C(O)NC1N=C(c2ccccc2)c2cccc(C3CC3)c2NC1=O. The molecule has 1 aliphatic carbocycles. The van der Waals surface area contributed by atoms with Crippen LogP contribution in [-0.2, 0) is 4.79 Å². The van der Waals surface area contributed by atoms with Gasteiger partial charge in [-0.25, -0.2) is 9.79 Å². The molecule has 2 aromatic rings. The first-order chi connectivity index (χ1) is 12.1. The van der Waals surface area contributed by atoms with Crippen LogP contribution in [0.25, 0.3) is 0 Å². The third-order valence-corrected chi connectivity index (χ3v) is 4.43. The van der Waals surface area contributed by atoms with Gasteiger partial charge in [0.25, 0.3) is 5.91 Å². The molecule has 2 amide bonds. The number of nitrogens with one attached hydrogen (secondary N) is 2. The molecule has 0 spiro atoms. The van der Waals surface area contributed by atoms with Crippen molar-refractivity contribution in [2.75, 3.05) is 5.32 Å². The first-order valence-corrected chi connectivity index (χ1v) is 8.20. The normalized spacial score (nSPS) is 19.3. The van der Waals surface area contributed by atoms with Crippen LogP contribution in [-0.4, -0.2) is 29.0 Å². The van der Waals surface area contributed by atoms with Crippen LogP contribution in [0.1, 0.15) is 35.4 Å². The quantitative estimate of drug-likeness (QED) is 0.805. The molecule has 1 aliphatic heterocycles. The molecule has 6 heteroatoms. The average Bonchev–Trinajstić information content (AvgIpc) is 3.44. The van der Waals surface area contributed by atoms with Crippen LogP contribution in [0.5, 0.6) is 0 Å². The van der Waals surface area contributed by atoms with E-state index in [1.165, 1.54) is 0 Å². The Bertz CT molecular complexity index is 873. The summed E-state index contributed by atoms with van der Waals surface area (Å²) in [6, 6.07) is 15.4. The van der Waals surface area contributed by atoms with Crippen molar-refractivity contribution in [1.82, 2.24) is 5.32 Å². The summed E-state index contributed by atoms with van der Waals surface area (Å²) < 4.78 is 0. The van der Waals surface area contributed by atoms with Crippen molar-refractivity contribution < 1.29 is 14.7 Å². The third kappa shape index (κ3) is 2.98. The van der Waals surface area contributed by atoms with E-state index in [1.807, 2.05) is 48.5 Å². The summed E-state index contributed by atoms with van der Waals surface area (Å²) in [5.74, 6) is -0.0288. The number of carbonyl (C=O) groups excluding carboxylic acids is 1. The molecular weight excluding hydrogens is 318 g/mol. The Morgan fingerprint density at radius 2 is 1.88 bits per heavy atom. The zero-order valence-corrected chi connectivity index (χ0v) is 13.4. The summed E-state index contributed by atoms with van der Waals surface area (Å²) in [6.45, 7) is 0. The number of aliphatic imine (C=N–C) groups is 1. The van der Waals surface area contributed by atoms with Gasteiger partial charge in [0.05, 0.1) is 11.4 Å². The van der Waals surface area contributed by atoms with Gasteiger partial charge < -0.3 is 10.4 Å². The van der Waals surface area contributed by atoms with Crippen molar-refractivity contribution in [2.45, 2.75) is 24.9 Å². The van der Waals surface area contributed by atoms with E-state index in [0.717, 1.165) is 35.2 Å². The fourth-order valence-electron chi connectivity index (χ4n) is 3.13. The van der Waals surface area contributed by atoms with E-state index in [1.54, 1.807) is 0 Å². The number of hydrogen-bond donors (Lipinski definition) is 3. The van der Waals surface area contributed by atoms with Crippen molar-refractivity contribution in [3.8, 4) is 0 Å². The van der Waals surface area contributed by atoms with Gasteiger partial charge in [-0.3, -0.25) is 10.1 Å². The Morgan fingerprint density at radius 1 is 1.12 bits per heavy atom. The number of para-hydroxylation sites is 1. The molecule has 0 saturated heterocycles. The summed E-state index contributed by atoms with van der Waals surface area (Å²) in [6.07, 6.45) is -0.279. The van der Waals surface area contributed by atoms with Crippen LogP contribution in [0.2, 0.25) is 0 Å². The highest BCUT2D eigenvalue weighted by molar-refractivity contribution is 6.20. The van der Waals surface area contributed by atoms with Crippen LogP contribution in [0.3, 0.4) is 0 Å². The second-order valence-electron chi connectivity index (χ2n) is 6.23. The Balaban J connectivity index is 1.89. The van der Waals surface area contributed by atoms with Crippen LogP contribution in [0.4, 0.5) is 10.5 Å². The van der Waals surface area contributed by atoms with Gasteiger partial charge in [-0.15, -0.1) is 0 Å². The second kappa shape index (κ2) is 6.05. The largest absolute Gasteiger partial charge is 0.465 e. The standard InChI is InChI=1S/C19H17N3O3/c23-18-17(22-19(24)25)20-15(12-5-2-1-3-6-12)14-8-4-7-13(11-9-10-11)16(14)21-18/h1-8,11,17,22H,9-10H2,(H,21,23)(H,24,25). The highest BCUT2D eigenvalue weighted by Gasteiger charge is 2.32. The topological polar surface area (TPSA) is 90.8 Å². The van der Waals surface area contributed by atoms with Gasteiger partial charge >= 0.3 is 6.09 Å². The molecule has 1 atom stereocenters. The molecule has 2 aromatic carbocycles. The van der Waals surface area contributed by atoms with Crippen LogP contribution in [0, 0.1) is 0 Å². The summed E-state index contributed by atoms with van der Waals surface area (Å²) in [5.41, 5.74) is 4.09. The first kappa shape index (κ1) is 15.4. The van der Waals surface area contributed by atoms with Crippen LogP contribution >= 0.6 is 0 Å². The van der Waals surface area contributed by atoms with Gasteiger partial charge in [-0.2, -0.15) is 0 Å². The number of anilines is 1. The van der Waals surface area contributed by atoms with Gasteiger partial charge in [0.15, 0.2) is 0 Å². The van der Waals surface area contributed by atoms with Crippen LogP contribution < -0.4 is 10.6 Å². The highest BCUT2D eigenvalue weighted by atomic mass is 16.4. The van der Waals surface area contributed by atoms with Crippen molar-refractivity contribution in [3.63, 3.8) is 0 Å². The zero-order chi connectivity index (χ0) is 17.4. The van der Waals surface area contributed by atoms with Crippen molar-refractivity contribution in [2.24, 2.45) is 4.99 Å². The predicted molar refractivity (Wildman–Crippen MR) is 94.1 cm³/mol. The minimum atomic E-state index is -1.29. The number of carbonyl (C=O) groups is 2. The third-order valence-electron chi connectivity index (χ3n) is 4.43. The van der Waals surface area contributed by atoms with Gasteiger partial charge in [0, 0.05) is 11.1 Å². The molecule has 1 saturated carbocycles. The number of carboxylic acid groups (broad SMARTS) is 1. The molecule has 6 nitrogen and oxygen atoms in total. The highest BCUT2D eigenvalue weighted by Crippen LogP contribution is 2.45. The summed E-state index contributed by atoms with van der Waals surface area (Å²) in [4.78, 5) is 28.0. The smallest absolute Gasteiger partial charge is 0.406 e. The number of benzodiazepines with no additional fused rings is 1. The molecule has 1 heterocycles. The number of hydrogen-bond acceptors (Lipinski definition) is 3. The molecule has 0 aromatic heterocycles. The van der Waals surface area contributed by atoms with Gasteiger partial charge in [-0.05, 0) is 24.3 Å². The van der Waals surface area contributed by atoms with Gasteiger partial charge in [-0.1, -0.05) is 48.5 Å². The van der Waals surface area contributed by atoms with E-state index in [-0.39, 0.29) is 0 Å². The fraction of sp³-hybridized carbons (Fsp3) is 0.211. The minimum Gasteiger partial charge on any atom is -0.465 e. The second-order valence-corrected chi connectivity index (χ2v) is 6.23. The molecule has 3 N–H and O–H groups in total. The van der Waals surface area contributed by atoms with Crippen LogP contribution in [0.15, 0.2) is 53.5 Å². The predicted octanol–water partition coefficient (Wildman–Crippen LogP) is 2.95. The maximum atomic E-state index is 12.5. The lowest BCUT2D eigenvalue weighted by atomic mass is 9.96. The maximum absolute atomic E-state index is 12.5. The van der Waals surface area contributed by atoms with Gasteiger partial charge in [0.2, 0.25) is 6.17 Å². The van der Waals surface area contributed by atoms with Crippen molar-refractivity contribution >= 4 is 23.4 Å². The summed E-state index contributed by atoms with van der Waals surface area (Å²) >= 11 is 0. The fourth-order valence-corrected chi connectivity index (χ4v) is 3.13. The molecular formula is C19H17N3O3. The molecule has 1 fully saturated rings. The lowest BCUT2D eigenvalue weighted by molar-refractivity contribution is -0.117. The molecule has 0 bridgehead atoms. The van der Waals surface area contributed by atoms with E-state index >= 15 is 0 Å². The minimum absolute atomic E-state index is 0.441. The lowest BCUT2D eigenvalue weighted by Gasteiger charge is -2.14. The average molecular weight is 335 g/mol. The zero-order valence-electron chi connectivity index (χ0n) is 13.4. The van der Waals surface area contributed by atoms with E-state index in [9.17, 15) is 9.59 Å². The molecule has 1 unspecified atom stereocenters. The van der Waals surface area contributed by atoms with E-state index < -0.39 is 18.2 Å². The Labute approximate surface area is 144 Å². The number of amides is 2. The lowest BCUT2D eigenvalue weighted by Crippen LogP contribution is -2.41. The van der Waals surface area contributed by atoms with E-state index in [2.05, 4.69) is 15.6 Å². The van der Waals surface area contributed by atoms with Crippen molar-refractivity contribution in [1.29, 1.82) is 0 Å². The molecule has 126 valence electrons. The number of nitrogens with zero attached hydrogens (tertiary/aromatic N) is 1. The number of rotatable bonds is 3. The van der Waals surface area contributed by atoms with E-state index in [4.69, 9.17) is 5.11 Å². The van der Waals surface area contributed by atoms with E-state index in [0.29, 0.717) is 11.6 Å². The summed E-state index contributed by atoms with van der Waals surface area (Å²) in [7, 11) is 0. The number of benzene rings is 2. The molecule has 2 aliphatic rings. The maximum Gasteiger partial charge on any atom is 0.406 e. The molecule has 25 heavy (non-hydrogen) atoms. The Hall–Kier alpha value is -3.15. The monoisotopic (exact) mass is 335 g/mol. The van der Waals surface area contributed by atoms with Gasteiger partial charge in [0.1, 0.15) is 0 Å². The van der Waals surface area contributed by atoms with Crippen molar-refractivity contribution in [3.05, 3.63) is 65.2 Å². The Morgan fingerprint density at radius 3 is 2.56 bits per heavy atom.